The molecule has 180 valence electrons. The lowest BCUT2D eigenvalue weighted by molar-refractivity contribution is -0.931. The summed E-state index contributed by atoms with van der Waals surface area (Å²) < 4.78 is 7.74. The molecule has 1 aliphatic rings. The smallest absolute Gasteiger partial charge is 0.215 e. The molecule has 0 amide bonds. The minimum atomic E-state index is -0.189. The van der Waals surface area contributed by atoms with Crippen LogP contribution in [0.5, 0.6) is 5.75 Å². The predicted molar refractivity (Wildman–Crippen MR) is 137 cm³/mol. The molecule has 35 heavy (non-hydrogen) atoms. The number of methoxy groups -OCH3 is 1. The van der Waals surface area contributed by atoms with Crippen LogP contribution in [0.15, 0.2) is 72.8 Å². The van der Waals surface area contributed by atoms with Crippen LogP contribution in [0.1, 0.15) is 53.9 Å². The van der Waals surface area contributed by atoms with Crippen LogP contribution in [-0.4, -0.2) is 40.4 Å². The Morgan fingerprint density at radius 3 is 2.11 bits per heavy atom. The van der Waals surface area contributed by atoms with E-state index in [4.69, 9.17) is 27.9 Å². The Morgan fingerprint density at radius 1 is 0.886 bits per heavy atom. The van der Waals surface area contributed by atoms with Crippen LogP contribution in [0.2, 0.25) is 10.0 Å². The molecule has 5 rings (SSSR count). The van der Waals surface area contributed by atoms with Crippen molar-refractivity contribution in [3.8, 4) is 5.75 Å². The number of hydrogen-bond acceptors (Lipinski definition) is 4. The van der Waals surface area contributed by atoms with E-state index in [1.807, 2.05) is 47.1 Å². The molecule has 1 aromatic heterocycles. The Balaban J connectivity index is 1.71. The molecule has 8 heteroatoms. The van der Waals surface area contributed by atoms with Gasteiger partial charge in [0.05, 0.1) is 30.8 Å². The van der Waals surface area contributed by atoms with Crippen molar-refractivity contribution in [1.82, 2.24) is 20.2 Å². The molecule has 4 aromatic rings. The number of halogens is 2. The highest BCUT2D eigenvalue weighted by atomic mass is 35.5. The van der Waals surface area contributed by atoms with Gasteiger partial charge >= 0.3 is 0 Å². The van der Waals surface area contributed by atoms with Gasteiger partial charge in [-0.05, 0) is 52.9 Å². The van der Waals surface area contributed by atoms with Crippen molar-refractivity contribution in [2.75, 3.05) is 20.2 Å². The lowest BCUT2D eigenvalue weighted by atomic mass is 9.96. The minimum Gasteiger partial charge on any atom is -0.495 e. The topological polar surface area (TPSA) is 57.3 Å². The van der Waals surface area contributed by atoms with Crippen molar-refractivity contribution in [2.24, 2.45) is 0 Å². The first-order valence-electron chi connectivity index (χ1n) is 11.9. The first-order valence-corrected chi connectivity index (χ1v) is 12.7. The Morgan fingerprint density at radius 2 is 1.51 bits per heavy atom. The number of tetrazole rings is 1. The molecule has 0 radical (unpaired) electrons. The zero-order valence-corrected chi connectivity index (χ0v) is 21.1. The molecule has 0 unspecified atom stereocenters. The highest BCUT2D eigenvalue weighted by Crippen LogP contribution is 2.38. The zero-order chi connectivity index (χ0) is 24.2. The van der Waals surface area contributed by atoms with Gasteiger partial charge in [-0.15, -0.1) is 5.10 Å². The van der Waals surface area contributed by atoms with Crippen molar-refractivity contribution in [2.45, 2.75) is 31.3 Å². The lowest BCUT2D eigenvalue weighted by Crippen LogP contribution is -3.13. The van der Waals surface area contributed by atoms with Gasteiger partial charge in [-0.25, -0.2) is 4.68 Å². The third kappa shape index (κ3) is 4.92. The van der Waals surface area contributed by atoms with Crippen molar-refractivity contribution in [3.05, 3.63) is 105 Å². The van der Waals surface area contributed by atoms with Crippen LogP contribution in [0.3, 0.4) is 0 Å². The summed E-state index contributed by atoms with van der Waals surface area (Å²) in [5, 5.41) is 14.4. The molecular formula is C27H28Cl2N5O+. The molecule has 0 aliphatic carbocycles. The quantitative estimate of drug-likeness (QED) is 0.390. The zero-order valence-electron chi connectivity index (χ0n) is 19.6. The first kappa shape index (κ1) is 23.8. The summed E-state index contributed by atoms with van der Waals surface area (Å²) in [7, 11) is 1.64. The summed E-state index contributed by atoms with van der Waals surface area (Å²) in [6.07, 6.45) is 3.51. The lowest BCUT2D eigenvalue weighted by Gasteiger charge is -2.32. The maximum Gasteiger partial charge on any atom is 0.215 e. The van der Waals surface area contributed by atoms with Gasteiger partial charge in [0.1, 0.15) is 11.8 Å². The van der Waals surface area contributed by atoms with E-state index in [0.717, 1.165) is 48.4 Å². The fourth-order valence-corrected chi connectivity index (χ4v) is 5.75. The van der Waals surface area contributed by atoms with Gasteiger partial charge in [-0.3, -0.25) is 0 Å². The van der Waals surface area contributed by atoms with Gasteiger partial charge in [-0.1, -0.05) is 83.9 Å². The number of hydrogen-bond donors (Lipinski definition) is 1. The van der Waals surface area contributed by atoms with Gasteiger partial charge < -0.3 is 9.64 Å². The van der Waals surface area contributed by atoms with Crippen LogP contribution < -0.4 is 9.64 Å². The molecule has 2 heterocycles. The number of ether oxygens (including phenoxy) is 1. The molecule has 1 saturated heterocycles. The van der Waals surface area contributed by atoms with Gasteiger partial charge in [-0.2, -0.15) is 0 Å². The molecule has 0 spiro atoms. The third-order valence-corrected chi connectivity index (χ3v) is 7.21. The Kier molecular flexibility index (Phi) is 7.32. The average Bonchev–Trinajstić information content (AvgIpc) is 3.35. The van der Waals surface area contributed by atoms with Crippen LogP contribution in [0, 0.1) is 0 Å². The monoisotopic (exact) mass is 508 g/mol. The summed E-state index contributed by atoms with van der Waals surface area (Å²) in [4.78, 5) is 1.38. The van der Waals surface area contributed by atoms with E-state index in [2.05, 4.69) is 39.8 Å². The molecule has 3 aromatic carbocycles. The molecule has 1 atom stereocenters. The number of rotatable bonds is 7. The second-order valence-corrected chi connectivity index (χ2v) is 9.71. The molecule has 6 nitrogen and oxygen atoms in total. The van der Waals surface area contributed by atoms with Gasteiger partial charge in [0.25, 0.3) is 0 Å². The average molecular weight is 509 g/mol. The maximum atomic E-state index is 6.60. The second-order valence-electron chi connectivity index (χ2n) is 8.87. The van der Waals surface area contributed by atoms with E-state index < -0.39 is 0 Å². The van der Waals surface area contributed by atoms with Crippen LogP contribution >= 0.6 is 23.2 Å². The Labute approximate surface area is 215 Å². The number of nitrogens with one attached hydrogen (secondary N) is 1. The number of piperidine rings is 1. The predicted octanol–water partition coefficient (Wildman–Crippen LogP) is 4.78. The van der Waals surface area contributed by atoms with E-state index in [9.17, 15) is 0 Å². The first-order chi connectivity index (χ1) is 17.2. The molecule has 0 saturated carbocycles. The van der Waals surface area contributed by atoms with Gasteiger partial charge in [0.15, 0.2) is 6.04 Å². The summed E-state index contributed by atoms with van der Waals surface area (Å²) in [6, 6.07) is 24.0. The van der Waals surface area contributed by atoms with Crippen molar-refractivity contribution < 1.29 is 9.64 Å². The summed E-state index contributed by atoms with van der Waals surface area (Å²) in [6.45, 7) is 2.01. The minimum absolute atomic E-state index is 0.185. The largest absolute Gasteiger partial charge is 0.495 e. The number of benzene rings is 3. The normalized spacial score (nSPS) is 15.3. The molecule has 1 N–H and O–H groups in total. The number of nitrogens with zero attached hydrogens (tertiary/aromatic N) is 4. The van der Waals surface area contributed by atoms with Crippen LogP contribution in [-0.2, 0) is 0 Å². The summed E-state index contributed by atoms with van der Waals surface area (Å²) in [5.74, 6) is 1.38. The Bertz CT molecular complexity index is 1220. The highest BCUT2D eigenvalue weighted by molar-refractivity contribution is 6.35. The molecule has 1 fully saturated rings. The van der Waals surface area contributed by atoms with E-state index in [0.29, 0.717) is 15.8 Å². The van der Waals surface area contributed by atoms with Crippen LogP contribution in [0.25, 0.3) is 0 Å². The van der Waals surface area contributed by atoms with E-state index in [1.54, 1.807) is 13.2 Å². The van der Waals surface area contributed by atoms with Crippen molar-refractivity contribution in [3.63, 3.8) is 0 Å². The van der Waals surface area contributed by atoms with Gasteiger partial charge in [0, 0.05) is 5.02 Å². The summed E-state index contributed by atoms with van der Waals surface area (Å²) >= 11 is 13.1. The van der Waals surface area contributed by atoms with E-state index in [-0.39, 0.29) is 12.1 Å². The molecule has 0 bridgehead atoms. The second kappa shape index (κ2) is 10.8. The molecular weight excluding hydrogens is 481 g/mol. The van der Waals surface area contributed by atoms with Gasteiger partial charge in [0.2, 0.25) is 5.82 Å². The van der Waals surface area contributed by atoms with Crippen molar-refractivity contribution in [1.29, 1.82) is 0 Å². The number of likely N-dealkylation sites (tertiary alicyclic amines) is 1. The van der Waals surface area contributed by atoms with E-state index in [1.165, 1.54) is 11.3 Å². The fraction of sp³-hybridized carbons (Fsp3) is 0.296. The number of aromatic nitrogens is 4. The van der Waals surface area contributed by atoms with E-state index >= 15 is 0 Å². The van der Waals surface area contributed by atoms with Crippen LogP contribution in [0.4, 0.5) is 0 Å². The number of quaternary nitrogens is 1. The fourth-order valence-electron chi connectivity index (χ4n) is 5.17. The van der Waals surface area contributed by atoms with Crippen molar-refractivity contribution >= 4 is 23.2 Å². The SMILES string of the molecule is COc1c(Cl)cc(Cl)cc1[C@@H](c1nnnn1C(c1ccccc1)c1ccccc1)[NH+]1CCCCC1. The molecule has 1 aliphatic heterocycles. The maximum absolute atomic E-state index is 6.60. The third-order valence-electron chi connectivity index (χ3n) is 6.71. The highest BCUT2D eigenvalue weighted by Gasteiger charge is 2.37. The Hall–Kier alpha value is -2.93. The summed E-state index contributed by atoms with van der Waals surface area (Å²) in [5.41, 5.74) is 3.12. The standard InChI is InChI=1S/C27H27Cl2N5O/c1-35-26-22(17-21(28)18-23(26)29)25(33-15-9-4-10-16-33)27-30-31-32-34(27)24(19-11-5-2-6-12-19)20-13-7-3-8-14-20/h2-3,5-8,11-14,17-18,24-25H,4,9-10,15-16H2,1H3/p+1/t25-/m0/s1.